The third-order valence-electron chi connectivity index (χ3n) is 2.28. The number of sulfone groups is 1. The Morgan fingerprint density at radius 1 is 1.29 bits per heavy atom. The third-order valence-corrected chi connectivity index (χ3v) is 3.41. The number of hydrogen-bond donors (Lipinski definition) is 0. The topological polar surface area (TPSA) is 43.4 Å². The monoisotopic (exact) mass is 260 g/mol. The van der Waals surface area contributed by atoms with E-state index >= 15 is 0 Å². The second-order valence-electron chi connectivity index (χ2n) is 3.94. The van der Waals surface area contributed by atoms with E-state index in [9.17, 15) is 12.8 Å². The van der Waals surface area contributed by atoms with Gasteiger partial charge in [0.05, 0.1) is 4.90 Å². The molecule has 1 aromatic carbocycles. The van der Waals surface area contributed by atoms with Crippen LogP contribution in [-0.4, -0.2) is 27.5 Å². The van der Waals surface area contributed by atoms with Crippen LogP contribution < -0.4 is 4.74 Å². The molecular formula is C12H17FO3S. The Kier molecular flexibility index (Phi) is 4.93. The van der Waals surface area contributed by atoms with E-state index in [1.54, 1.807) is 0 Å². The van der Waals surface area contributed by atoms with Gasteiger partial charge in [0.1, 0.15) is 18.5 Å². The predicted molar refractivity (Wildman–Crippen MR) is 64.9 cm³/mol. The van der Waals surface area contributed by atoms with E-state index in [0.717, 1.165) is 12.7 Å². The standard InChI is InChI=1S/C12H17FO3S/c1-3-4-10(13)9-16-11-5-7-12(8-6-11)17(2,14)15/h5-8,10H,3-4,9H2,1-2H3/t10-/m1/s1. The van der Waals surface area contributed by atoms with Gasteiger partial charge in [-0.1, -0.05) is 13.3 Å². The SMILES string of the molecule is CCC[C@@H](F)COc1ccc(S(C)(=O)=O)cc1. The quantitative estimate of drug-likeness (QED) is 0.789. The van der Waals surface area contributed by atoms with Crippen molar-refractivity contribution in [3.8, 4) is 5.75 Å². The molecule has 1 aromatic rings. The number of ether oxygens (including phenoxy) is 1. The molecular weight excluding hydrogens is 243 g/mol. The minimum atomic E-state index is -3.19. The average molecular weight is 260 g/mol. The van der Waals surface area contributed by atoms with Crippen molar-refractivity contribution in [1.29, 1.82) is 0 Å². The zero-order valence-electron chi connectivity index (χ0n) is 10.0. The minimum Gasteiger partial charge on any atom is -0.491 e. The molecule has 0 saturated heterocycles. The maximum atomic E-state index is 13.1. The average Bonchev–Trinajstić information content (AvgIpc) is 2.26. The first-order valence-electron chi connectivity index (χ1n) is 5.50. The highest BCUT2D eigenvalue weighted by Crippen LogP contribution is 2.16. The van der Waals surface area contributed by atoms with Gasteiger partial charge in [-0.25, -0.2) is 12.8 Å². The Morgan fingerprint density at radius 2 is 1.88 bits per heavy atom. The molecule has 0 aromatic heterocycles. The van der Waals surface area contributed by atoms with Crippen molar-refractivity contribution in [3.63, 3.8) is 0 Å². The van der Waals surface area contributed by atoms with E-state index in [0.29, 0.717) is 12.2 Å². The molecule has 0 aliphatic rings. The van der Waals surface area contributed by atoms with Crippen LogP contribution >= 0.6 is 0 Å². The fourth-order valence-corrected chi connectivity index (χ4v) is 2.00. The summed E-state index contributed by atoms with van der Waals surface area (Å²) < 4.78 is 40.7. The van der Waals surface area contributed by atoms with Crippen LogP contribution in [0, 0.1) is 0 Å². The Hall–Kier alpha value is -1.10. The number of benzene rings is 1. The summed E-state index contributed by atoms with van der Waals surface area (Å²) in [5, 5.41) is 0. The molecule has 0 fully saturated rings. The van der Waals surface area contributed by atoms with Crippen LogP contribution in [0.3, 0.4) is 0 Å². The fraction of sp³-hybridized carbons (Fsp3) is 0.500. The highest BCUT2D eigenvalue weighted by atomic mass is 32.2. The summed E-state index contributed by atoms with van der Waals surface area (Å²) in [4.78, 5) is 0.232. The van der Waals surface area contributed by atoms with Crippen LogP contribution in [0.25, 0.3) is 0 Å². The molecule has 17 heavy (non-hydrogen) atoms. The van der Waals surface area contributed by atoms with Crippen LogP contribution in [0.4, 0.5) is 4.39 Å². The second kappa shape index (κ2) is 6.00. The lowest BCUT2D eigenvalue weighted by molar-refractivity contribution is 0.186. The van der Waals surface area contributed by atoms with Crippen molar-refractivity contribution in [2.75, 3.05) is 12.9 Å². The van der Waals surface area contributed by atoms with Gasteiger partial charge in [0, 0.05) is 6.26 Å². The lowest BCUT2D eigenvalue weighted by atomic mass is 10.2. The van der Waals surface area contributed by atoms with Gasteiger partial charge in [-0.3, -0.25) is 0 Å². The molecule has 1 rings (SSSR count). The first-order valence-corrected chi connectivity index (χ1v) is 7.39. The van der Waals surface area contributed by atoms with Crippen LogP contribution in [0.15, 0.2) is 29.2 Å². The van der Waals surface area contributed by atoms with Gasteiger partial charge >= 0.3 is 0 Å². The maximum absolute atomic E-state index is 13.1. The Balaban J connectivity index is 2.57. The van der Waals surface area contributed by atoms with Gasteiger partial charge in [0.2, 0.25) is 0 Å². The van der Waals surface area contributed by atoms with Gasteiger partial charge in [0.15, 0.2) is 9.84 Å². The van der Waals surface area contributed by atoms with Crippen LogP contribution in [0.2, 0.25) is 0 Å². The van der Waals surface area contributed by atoms with Crippen molar-refractivity contribution in [3.05, 3.63) is 24.3 Å². The summed E-state index contributed by atoms with van der Waals surface area (Å²) in [6.45, 7) is 1.92. The van der Waals surface area contributed by atoms with Crippen molar-refractivity contribution in [1.82, 2.24) is 0 Å². The van der Waals surface area contributed by atoms with Gasteiger partial charge in [0.25, 0.3) is 0 Å². The summed E-state index contributed by atoms with van der Waals surface area (Å²) in [5.74, 6) is 0.483. The van der Waals surface area contributed by atoms with Gasteiger partial charge < -0.3 is 4.74 Å². The molecule has 1 atom stereocenters. The minimum absolute atomic E-state index is 0.00601. The second-order valence-corrected chi connectivity index (χ2v) is 5.96. The largest absolute Gasteiger partial charge is 0.491 e. The molecule has 0 N–H and O–H groups in total. The molecule has 0 spiro atoms. The van der Waals surface area contributed by atoms with Crippen molar-refractivity contribution >= 4 is 9.84 Å². The normalized spacial score (nSPS) is 13.4. The molecule has 0 radical (unpaired) electrons. The zero-order chi connectivity index (χ0) is 12.9. The summed E-state index contributed by atoms with van der Waals surface area (Å²) >= 11 is 0. The van der Waals surface area contributed by atoms with Gasteiger partial charge in [-0.2, -0.15) is 0 Å². The van der Waals surface area contributed by atoms with E-state index in [4.69, 9.17) is 4.74 Å². The van der Waals surface area contributed by atoms with Crippen LogP contribution in [0.5, 0.6) is 5.75 Å². The molecule has 0 saturated carbocycles. The Bertz CT molecular complexity index is 439. The van der Waals surface area contributed by atoms with E-state index < -0.39 is 16.0 Å². The summed E-state index contributed by atoms with van der Waals surface area (Å²) in [6.07, 6.45) is 1.41. The first kappa shape index (κ1) is 14.0. The summed E-state index contributed by atoms with van der Waals surface area (Å²) in [7, 11) is -3.19. The van der Waals surface area contributed by atoms with Gasteiger partial charge in [-0.15, -0.1) is 0 Å². The van der Waals surface area contributed by atoms with E-state index in [-0.39, 0.29) is 11.5 Å². The number of alkyl halides is 1. The third kappa shape index (κ3) is 4.73. The van der Waals surface area contributed by atoms with E-state index in [1.807, 2.05) is 6.92 Å². The fourth-order valence-electron chi connectivity index (χ4n) is 1.37. The highest BCUT2D eigenvalue weighted by molar-refractivity contribution is 7.90. The van der Waals surface area contributed by atoms with Crippen molar-refractivity contribution in [2.24, 2.45) is 0 Å². The van der Waals surface area contributed by atoms with Crippen LogP contribution in [0.1, 0.15) is 19.8 Å². The highest BCUT2D eigenvalue weighted by Gasteiger charge is 2.08. The zero-order valence-corrected chi connectivity index (χ0v) is 10.8. The van der Waals surface area contributed by atoms with E-state index in [1.165, 1.54) is 24.3 Å². The molecule has 0 bridgehead atoms. The molecule has 0 heterocycles. The Morgan fingerprint density at radius 3 is 2.35 bits per heavy atom. The van der Waals surface area contributed by atoms with Crippen molar-refractivity contribution in [2.45, 2.75) is 30.8 Å². The molecule has 3 nitrogen and oxygen atoms in total. The number of rotatable bonds is 6. The van der Waals surface area contributed by atoms with Crippen LogP contribution in [-0.2, 0) is 9.84 Å². The molecule has 5 heteroatoms. The molecule has 0 unspecified atom stereocenters. The summed E-state index contributed by atoms with van der Waals surface area (Å²) in [6, 6.07) is 5.99. The molecule has 0 amide bonds. The smallest absolute Gasteiger partial charge is 0.175 e. The predicted octanol–water partition coefficient (Wildman–Crippen LogP) is 2.61. The molecule has 96 valence electrons. The number of halogens is 1. The number of hydrogen-bond acceptors (Lipinski definition) is 3. The first-order chi connectivity index (χ1) is 7.93. The Labute approximate surface area is 102 Å². The summed E-state index contributed by atoms with van der Waals surface area (Å²) in [5.41, 5.74) is 0. The van der Waals surface area contributed by atoms with Gasteiger partial charge in [-0.05, 0) is 30.7 Å². The molecule has 0 aliphatic carbocycles. The van der Waals surface area contributed by atoms with E-state index in [2.05, 4.69) is 0 Å². The molecule has 0 aliphatic heterocycles. The van der Waals surface area contributed by atoms with Crippen molar-refractivity contribution < 1.29 is 17.5 Å². The maximum Gasteiger partial charge on any atom is 0.175 e. The lowest BCUT2D eigenvalue weighted by Crippen LogP contribution is -2.12. The lowest BCUT2D eigenvalue weighted by Gasteiger charge is -2.09.